The molecule has 0 bridgehead atoms. The number of halogens is 1. The number of anilines is 3. The second-order valence-electron chi connectivity index (χ2n) is 12.5. The van der Waals surface area contributed by atoms with Gasteiger partial charge in [-0.2, -0.15) is 5.10 Å². The highest BCUT2D eigenvalue weighted by Gasteiger charge is 2.27. The fourth-order valence-electron chi connectivity index (χ4n) is 5.42. The summed E-state index contributed by atoms with van der Waals surface area (Å²) in [6.07, 6.45) is 3.97. The van der Waals surface area contributed by atoms with Crippen molar-refractivity contribution in [2.24, 2.45) is 12.5 Å². The molecule has 1 aromatic heterocycles. The molecule has 3 heterocycles. The van der Waals surface area contributed by atoms with Gasteiger partial charge in [0.05, 0.1) is 35.7 Å². The van der Waals surface area contributed by atoms with Crippen molar-refractivity contribution in [2.45, 2.75) is 47.1 Å². The molecule has 220 valence electrons. The molecule has 0 spiro atoms. The van der Waals surface area contributed by atoms with Gasteiger partial charge in [0.25, 0.3) is 5.91 Å². The second-order valence-corrected chi connectivity index (χ2v) is 12.9. The van der Waals surface area contributed by atoms with Gasteiger partial charge >= 0.3 is 0 Å². The van der Waals surface area contributed by atoms with Crippen LogP contribution in [-0.2, 0) is 13.6 Å². The van der Waals surface area contributed by atoms with Gasteiger partial charge in [0.15, 0.2) is 0 Å². The van der Waals surface area contributed by atoms with Crippen molar-refractivity contribution in [3.63, 3.8) is 0 Å². The Morgan fingerprint density at radius 1 is 1.05 bits per heavy atom. The quantitative estimate of drug-likeness (QED) is 0.325. The molecule has 0 aliphatic carbocycles. The van der Waals surface area contributed by atoms with Crippen LogP contribution in [0.1, 0.15) is 55.1 Å². The highest BCUT2D eigenvalue weighted by molar-refractivity contribution is 6.32. The van der Waals surface area contributed by atoms with E-state index in [0.717, 1.165) is 67.5 Å². The molecule has 5 rings (SSSR count). The lowest BCUT2D eigenvalue weighted by molar-refractivity contribution is 0.0985. The van der Waals surface area contributed by atoms with E-state index in [2.05, 4.69) is 47.1 Å². The molecule has 8 nitrogen and oxygen atoms in total. The van der Waals surface area contributed by atoms with Crippen molar-refractivity contribution < 1.29 is 9.53 Å². The Morgan fingerprint density at radius 2 is 1.78 bits per heavy atom. The number of hydrogen-bond acceptors (Lipinski definition) is 6. The van der Waals surface area contributed by atoms with Gasteiger partial charge in [-0.05, 0) is 67.6 Å². The summed E-state index contributed by atoms with van der Waals surface area (Å²) in [5, 5.41) is 8.30. The van der Waals surface area contributed by atoms with Crippen LogP contribution in [0.2, 0.25) is 5.02 Å². The second kappa shape index (κ2) is 12.4. The Kier molecular flexibility index (Phi) is 8.92. The Labute approximate surface area is 249 Å². The normalized spacial score (nSPS) is 16.1. The van der Waals surface area contributed by atoms with Gasteiger partial charge in [0.1, 0.15) is 11.6 Å². The smallest absolute Gasteiger partial charge is 0.258 e. The van der Waals surface area contributed by atoms with Crippen molar-refractivity contribution in [1.82, 2.24) is 19.6 Å². The average Bonchev–Trinajstić information content (AvgIpc) is 3.18. The molecule has 0 saturated carbocycles. The van der Waals surface area contributed by atoms with Gasteiger partial charge in [-0.1, -0.05) is 38.4 Å². The maximum atomic E-state index is 13.8. The number of carbonyl (C=O) groups excluding carboxylic acids is 1. The zero-order valence-electron chi connectivity index (χ0n) is 25.0. The number of benzene rings is 2. The zero-order valence-corrected chi connectivity index (χ0v) is 25.8. The molecule has 1 N–H and O–H groups in total. The molecular formula is C32H43ClN6O2. The molecule has 2 aliphatic heterocycles. The number of ether oxygens (including phenoxy) is 1. The number of nitrogens with zero attached hydrogens (tertiary/aromatic N) is 5. The molecular weight excluding hydrogens is 536 g/mol. The van der Waals surface area contributed by atoms with Crippen LogP contribution in [0.25, 0.3) is 0 Å². The number of piperazine rings is 1. The largest absolute Gasteiger partial charge is 0.492 e. The van der Waals surface area contributed by atoms with Crippen LogP contribution in [-0.4, -0.2) is 71.4 Å². The van der Waals surface area contributed by atoms with E-state index >= 15 is 0 Å². The molecule has 41 heavy (non-hydrogen) atoms. The van der Waals surface area contributed by atoms with Crippen LogP contribution in [0, 0.1) is 12.3 Å². The van der Waals surface area contributed by atoms with E-state index in [1.54, 1.807) is 27.9 Å². The number of hydrogen-bond donors (Lipinski definition) is 1. The van der Waals surface area contributed by atoms with E-state index in [1.807, 2.05) is 32.2 Å². The van der Waals surface area contributed by atoms with Gasteiger partial charge in [-0.25, -0.2) is 0 Å². The highest BCUT2D eigenvalue weighted by Crippen LogP contribution is 2.37. The third kappa shape index (κ3) is 7.23. The predicted molar refractivity (Wildman–Crippen MR) is 167 cm³/mol. The summed E-state index contributed by atoms with van der Waals surface area (Å²) >= 11 is 6.62. The minimum Gasteiger partial charge on any atom is -0.492 e. The Morgan fingerprint density at radius 3 is 2.49 bits per heavy atom. The third-order valence-electron chi connectivity index (χ3n) is 7.98. The molecule has 1 saturated heterocycles. The van der Waals surface area contributed by atoms with Crippen LogP contribution < -0.4 is 15.0 Å². The topological polar surface area (TPSA) is 65.9 Å². The summed E-state index contributed by atoms with van der Waals surface area (Å²) in [5.74, 6) is 1.37. The van der Waals surface area contributed by atoms with Crippen molar-refractivity contribution in [2.75, 3.05) is 56.1 Å². The average molecular weight is 579 g/mol. The summed E-state index contributed by atoms with van der Waals surface area (Å²) in [6, 6.07) is 11.4. The number of aryl methyl sites for hydroxylation is 2. The monoisotopic (exact) mass is 578 g/mol. The van der Waals surface area contributed by atoms with Crippen LogP contribution in [0.4, 0.5) is 17.2 Å². The first-order valence-electron chi connectivity index (χ1n) is 14.6. The van der Waals surface area contributed by atoms with Crippen molar-refractivity contribution >= 4 is 34.7 Å². The maximum absolute atomic E-state index is 13.8. The Bertz CT molecular complexity index is 1370. The van der Waals surface area contributed by atoms with E-state index in [0.29, 0.717) is 34.9 Å². The highest BCUT2D eigenvalue weighted by atomic mass is 35.5. The summed E-state index contributed by atoms with van der Waals surface area (Å²) in [7, 11) is 1.90. The molecule has 9 heteroatoms. The number of nitrogens with one attached hydrogen (secondary N) is 1. The molecule has 0 radical (unpaired) electrons. The molecule has 1 fully saturated rings. The first kappa shape index (κ1) is 29.4. The van der Waals surface area contributed by atoms with Crippen molar-refractivity contribution in [3.05, 3.63) is 64.3 Å². The molecule has 0 unspecified atom stereocenters. The Balaban J connectivity index is 1.16. The zero-order chi connectivity index (χ0) is 29.1. The summed E-state index contributed by atoms with van der Waals surface area (Å²) in [6.45, 7) is 16.7. The van der Waals surface area contributed by atoms with E-state index in [-0.39, 0.29) is 5.91 Å². The Hall–Kier alpha value is -3.07. The first-order valence-corrected chi connectivity index (χ1v) is 15.0. The molecule has 2 aromatic carbocycles. The third-order valence-corrected chi connectivity index (χ3v) is 8.28. The van der Waals surface area contributed by atoms with Gasteiger partial charge in [-0.15, -0.1) is 0 Å². The number of amides is 1. The fraction of sp³-hybridized carbons (Fsp3) is 0.500. The van der Waals surface area contributed by atoms with E-state index < -0.39 is 0 Å². The van der Waals surface area contributed by atoms with Crippen LogP contribution in [0.5, 0.6) is 5.75 Å². The summed E-state index contributed by atoms with van der Waals surface area (Å²) in [5.41, 5.74) is 4.66. The van der Waals surface area contributed by atoms with Crippen LogP contribution in [0.3, 0.4) is 0 Å². The lowest BCUT2D eigenvalue weighted by atomic mass is 9.92. The molecule has 2 aliphatic rings. The molecule has 0 atom stereocenters. The van der Waals surface area contributed by atoms with Gasteiger partial charge in [0.2, 0.25) is 0 Å². The predicted octanol–water partition coefficient (Wildman–Crippen LogP) is 6.11. The number of carbonyl (C=O) groups is 1. The number of aromatic nitrogens is 2. The van der Waals surface area contributed by atoms with Crippen molar-refractivity contribution in [1.29, 1.82) is 0 Å². The number of rotatable bonds is 8. The lowest BCUT2D eigenvalue weighted by Crippen LogP contribution is -2.47. The van der Waals surface area contributed by atoms with Crippen LogP contribution >= 0.6 is 11.6 Å². The van der Waals surface area contributed by atoms with Crippen molar-refractivity contribution in [3.8, 4) is 5.75 Å². The minimum atomic E-state index is -0.122. The van der Waals surface area contributed by atoms with E-state index in [1.165, 1.54) is 13.0 Å². The lowest BCUT2D eigenvalue weighted by Gasteiger charge is -2.35. The maximum Gasteiger partial charge on any atom is 0.258 e. The first-order chi connectivity index (χ1) is 19.6. The fourth-order valence-corrected chi connectivity index (χ4v) is 5.65. The SMILES string of the molecule is Cc1ccc2c(c1)Nc1c(cnn1C)CN2C(=O)c1ccc(OCCCN2CCN(CCC(C)(C)C)CC2)c(Cl)c1. The number of fused-ring (bicyclic) bond motifs is 2. The minimum absolute atomic E-state index is 0.122. The van der Waals surface area contributed by atoms with E-state index in [9.17, 15) is 4.79 Å². The standard InChI is InChI=1S/C32H43ClN6O2/c1-23-7-9-28-27(19-23)35-30-25(21-34-36(30)5)22-39(28)31(40)24-8-10-29(26(33)20-24)41-18-6-12-37-14-16-38(17-15-37)13-11-32(2,3)4/h7-10,19-21,35H,6,11-18,22H2,1-5H3. The molecule has 3 aromatic rings. The van der Waals surface area contributed by atoms with Gasteiger partial charge in [0, 0.05) is 50.9 Å². The van der Waals surface area contributed by atoms with E-state index in [4.69, 9.17) is 16.3 Å². The summed E-state index contributed by atoms with van der Waals surface area (Å²) < 4.78 is 7.83. The van der Waals surface area contributed by atoms with Gasteiger partial charge < -0.3 is 24.8 Å². The molecule has 1 amide bonds. The van der Waals surface area contributed by atoms with Gasteiger partial charge in [-0.3, -0.25) is 9.48 Å². The summed E-state index contributed by atoms with van der Waals surface area (Å²) in [4.78, 5) is 20.7. The van der Waals surface area contributed by atoms with Crippen LogP contribution in [0.15, 0.2) is 42.6 Å².